The van der Waals surface area contributed by atoms with Crippen LogP contribution in [0.2, 0.25) is 24.2 Å². The summed E-state index contributed by atoms with van der Waals surface area (Å²) < 4.78 is 85.9. The summed E-state index contributed by atoms with van der Waals surface area (Å²) in [6, 6.07) is 1.97. The van der Waals surface area contributed by atoms with Crippen LogP contribution in [0.15, 0.2) is 12.7 Å². The number of nitrogens with zero attached hydrogens (tertiary/aromatic N) is 2. The van der Waals surface area contributed by atoms with Gasteiger partial charge in [0.05, 0.1) is 5.92 Å². The molecule has 65 heavy (non-hydrogen) atoms. The van der Waals surface area contributed by atoms with E-state index in [0.29, 0.717) is 155 Å². The van der Waals surface area contributed by atoms with Crippen LogP contribution in [0.4, 0.5) is 9.59 Å². The summed E-state index contributed by atoms with van der Waals surface area (Å²) in [6.45, 7) is 33.4. The molecule has 0 aliphatic heterocycles. The Hall–Kier alpha value is -1.33. The van der Waals surface area contributed by atoms with Gasteiger partial charge in [-0.05, 0) is 109 Å². The van der Waals surface area contributed by atoms with E-state index in [1.807, 2.05) is 83.1 Å². The van der Waals surface area contributed by atoms with Gasteiger partial charge in [-0.2, -0.15) is 0 Å². The maximum atomic E-state index is 14.4. The van der Waals surface area contributed by atoms with Crippen LogP contribution in [0.1, 0.15) is 115 Å². The minimum absolute atomic E-state index is 0.268. The largest absolute Gasteiger partial charge is 0.500 e. The van der Waals surface area contributed by atoms with Crippen molar-refractivity contribution in [2.45, 2.75) is 145 Å². The molecule has 1 atom stereocenters. The van der Waals surface area contributed by atoms with Crippen LogP contribution < -0.4 is 0 Å². The van der Waals surface area contributed by atoms with E-state index in [9.17, 15) is 9.59 Å². The van der Waals surface area contributed by atoms with Gasteiger partial charge < -0.3 is 72.4 Å². The van der Waals surface area contributed by atoms with E-state index in [0.717, 1.165) is 0 Å². The summed E-state index contributed by atoms with van der Waals surface area (Å²) in [5.74, 6) is -1.96. The number of hydrogen-bond acceptors (Lipinski definition) is 16. The zero-order valence-corrected chi connectivity index (χ0v) is 46.5. The van der Waals surface area contributed by atoms with E-state index in [-0.39, 0.29) is 6.42 Å². The molecule has 0 bridgehead atoms. The van der Waals surface area contributed by atoms with Crippen molar-refractivity contribution in [2.24, 2.45) is 5.92 Å². The standard InChI is InChI=1S/C43H90N2O16Si4/c1-14-40-39-43(40,60-41(46)44(31-27-35-62(48-15-2,49-16-3)50-17-4)32-28-36-63(51-18-5,52-19-6)53-20-7)61-42(47)45(33-29-37-64(54-21-8,55-22-9)56-23-10)34-30-38-65(57-24-11,58-25-12)59-26-13/h14,40H,1,15-39H2,2-13H3. The van der Waals surface area contributed by atoms with Gasteiger partial charge in [-0.15, -0.1) is 6.58 Å². The smallest absolute Gasteiger partial charge is 0.405 e. The summed E-state index contributed by atoms with van der Waals surface area (Å²) in [6.07, 6.45) is 2.75. The van der Waals surface area contributed by atoms with Crippen LogP contribution in [-0.4, -0.2) is 168 Å². The number of carbonyl (C=O) groups is 2. The average Bonchev–Trinajstić information content (AvgIpc) is 3.94. The fourth-order valence-electron chi connectivity index (χ4n) is 7.73. The van der Waals surface area contributed by atoms with Gasteiger partial charge in [-0.1, -0.05) is 6.08 Å². The Balaban J connectivity index is 3.52. The van der Waals surface area contributed by atoms with Crippen LogP contribution in [-0.2, 0) is 62.6 Å². The first-order valence-corrected chi connectivity index (χ1v) is 32.3. The molecule has 1 rings (SSSR count). The minimum Gasteiger partial charge on any atom is -0.405 e. The zero-order chi connectivity index (χ0) is 48.7. The molecule has 18 nitrogen and oxygen atoms in total. The second-order valence-electron chi connectivity index (χ2n) is 14.9. The minimum atomic E-state index is -3.01. The Morgan fingerprint density at radius 3 is 0.785 bits per heavy atom. The molecule has 1 aliphatic carbocycles. The summed E-state index contributed by atoms with van der Waals surface area (Å²) in [7, 11) is -12.1. The van der Waals surface area contributed by atoms with Gasteiger partial charge in [0, 0.05) is 136 Å². The molecule has 1 aliphatic rings. The summed E-state index contributed by atoms with van der Waals surface area (Å²) >= 11 is 0. The van der Waals surface area contributed by atoms with Crippen LogP contribution >= 0.6 is 0 Å². The highest BCUT2D eigenvalue weighted by molar-refractivity contribution is 6.61. The van der Waals surface area contributed by atoms with Crippen molar-refractivity contribution >= 4 is 47.4 Å². The molecule has 0 aromatic heterocycles. The SMILES string of the molecule is C=CC1CC1(OC(=O)N(CCC[Si](OCC)(OCC)OCC)CCC[Si](OCC)(OCC)OCC)OC(=O)N(CCC[Si](OCC)(OCC)OCC)CCC[Si](OCC)(OCC)OCC. The molecule has 1 saturated carbocycles. The van der Waals surface area contributed by atoms with Crippen molar-refractivity contribution in [2.75, 3.05) is 105 Å². The van der Waals surface area contributed by atoms with Gasteiger partial charge in [0.25, 0.3) is 5.79 Å². The van der Waals surface area contributed by atoms with E-state index < -0.39 is 59.1 Å². The van der Waals surface area contributed by atoms with Gasteiger partial charge in [-0.3, -0.25) is 0 Å². The second-order valence-corrected chi connectivity index (χ2v) is 25.8. The monoisotopic (exact) mass is 1000 g/mol. The Labute approximate surface area is 397 Å². The third-order valence-corrected chi connectivity index (χ3v) is 22.9. The van der Waals surface area contributed by atoms with Crippen LogP contribution in [0.3, 0.4) is 0 Å². The van der Waals surface area contributed by atoms with E-state index in [4.69, 9.17) is 62.6 Å². The third kappa shape index (κ3) is 21.5. The van der Waals surface area contributed by atoms with E-state index in [2.05, 4.69) is 6.58 Å². The molecule has 22 heteroatoms. The van der Waals surface area contributed by atoms with Crippen molar-refractivity contribution in [1.82, 2.24) is 9.80 Å². The molecule has 0 N–H and O–H groups in total. The third-order valence-electron chi connectivity index (χ3n) is 10.2. The fourth-order valence-corrected chi connectivity index (χ4v) is 18.1. The van der Waals surface area contributed by atoms with E-state index in [1.165, 1.54) is 0 Å². The van der Waals surface area contributed by atoms with Crippen LogP contribution in [0, 0.1) is 5.92 Å². The van der Waals surface area contributed by atoms with Gasteiger partial charge in [-0.25, -0.2) is 9.59 Å². The quantitative estimate of drug-likeness (QED) is 0.0323. The van der Waals surface area contributed by atoms with Crippen molar-refractivity contribution in [3.8, 4) is 0 Å². The highest BCUT2D eigenvalue weighted by Gasteiger charge is 2.62. The Morgan fingerprint density at radius 2 is 0.631 bits per heavy atom. The van der Waals surface area contributed by atoms with Crippen LogP contribution in [0.25, 0.3) is 0 Å². The first kappa shape index (κ1) is 61.7. The molecule has 0 aromatic rings. The van der Waals surface area contributed by atoms with E-state index in [1.54, 1.807) is 15.9 Å². The molecule has 384 valence electrons. The van der Waals surface area contributed by atoms with Crippen molar-refractivity contribution < 1.29 is 72.2 Å². The zero-order valence-electron chi connectivity index (χ0n) is 42.5. The topological polar surface area (TPSA) is 170 Å². The number of rotatable bonds is 43. The number of amides is 2. The lowest BCUT2D eigenvalue weighted by Crippen LogP contribution is -2.48. The first-order valence-electron chi connectivity index (χ1n) is 24.5. The van der Waals surface area contributed by atoms with Crippen LogP contribution in [0.5, 0.6) is 0 Å². The lowest BCUT2D eigenvalue weighted by atomic mass is 10.3. The lowest BCUT2D eigenvalue weighted by Gasteiger charge is -2.32. The molecule has 0 saturated heterocycles. The highest BCUT2D eigenvalue weighted by Crippen LogP contribution is 2.49. The van der Waals surface area contributed by atoms with Gasteiger partial charge >= 0.3 is 47.4 Å². The molecule has 0 aromatic carbocycles. The van der Waals surface area contributed by atoms with Crippen molar-refractivity contribution in [1.29, 1.82) is 0 Å². The van der Waals surface area contributed by atoms with E-state index >= 15 is 0 Å². The van der Waals surface area contributed by atoms with Gasteiger partial charge in [0.1, 0.15) is 0 Å². The molecule has 1 unspecified atom stereocenters. The summed E-state index contributed by atoms with van der Waals surface area (Å²) in [4.78, 5) is 32.1. The summed E-state index contributed by atoms with van der Waals surface area (Å²) in [5.41, 5.74) is 0. The highest BCUT2D eigenvalue weighted by atomic mass is 28.4. The van der Waals surface area contributed by atoms with Gasteiger partial charge in [0.2, 0.25) is 0 Å². The molecule has 0 heterocycles. The molecule has 2 amide bonds. The normalized spacial score (nSPS) is 15.2. The maximum Gasteiger partial charge on any atom is 0.500 e. The molecule has 0 spiro atoms. The Bertz CT molecular complexity index is 1070. The number of hydrogen-bond donors (Lipinski definition) is 0. The van der Waals surface area contributed by atoms with Crippen molar-refractivity contribution in [3.05, 3.63) is 12.7 Å². The Kier molecular flexibility index (Phi) is 32.3. The number of ether oxygens (including phenoxy) is 2. The van der Waals surface area contributed by atoms with Gasteiger partial charge in [0.15, 0.2) is 0 Å². The van der Waals surface area contributed by atoms with Crippen molar-refractivity contribution in [3.63, 3.8) is 0 Å². The average molecular weight is 1000 g/mol. The molecule has 1 fully saturated rings. The molecule has 0 radical (unpaired) electrons. The maximum absolute atomic E-state index is 14.4. The predicted molar refractivity (Wildman–Crippen MR) is 257 cm³/mol. The molecular weight excluding hydrogens is 913 g/mol. The fraction of sp³-hybridized carbons (Fsp3) is 0.907. The predicted octanol–water partition coefficient (Wildman–Crippen LogP) is 8.52. The first-order chi connectivity index (χ1) is 31.3. The number of carbonyl (C=O) groups excluding carboxylic acids is 2. The summed E-state index contributed by atoms with van der Waals surface area (Å²) in [5, 5.41) is 0. The second kappa shape index (κ2) is 34.0. The lowest BCUT2D eigenvalue weighted by molar-refractivity contribution is -0.110. The Morgan fingerprint density at radius 1 is 0.431 bits per heavy atom. The molecular formula is C43H90N2O16Si4.